The Kier molecular flexibility index (Phi) is 9.91. The SMILES string of the molecule is Cc1ccc(OCCOCCOc2ccc(Br)cc2/C=C(\C#N)C(=O)Nc2cccc(C)c2)cc1. The van der Waals surface area contributed by atoms with Gasteiger partial charge >= 0.3 is 0 Å². The van der Waals surface area contributed by atoms with Gasteiger partial charge in [-0.2, -0.15) is 5.26 Å². The Morgan fingerprint density at radius 1 is 0.943 bits per heavy atom. The number of amides is 1. The Morgan fingerprint density at radius 2 is 1.69 bits per heavy atom. The summed E-state index contributed by atoms with van der Waals surface area (Å²) in [6.45, 7) is 5.52. The van der Waals surface area contributed by atoms with Crippen molar-refractivity contribution in [1.29, 1.82) is 5.26 Å². The van der Waals surface area contributed by atoms with Gasteiger partial charge in [0.2, 0.25) is 0 Å². The van der Waals surface area contributed by atoms with E-state index in [1.165, 1.54) is 11.6 Å². The summed E-state index contributed by atoms with van der Waals surface area (Å²) >= 11 is 3.43. The first kappa shape index (κ1) is 26.0. The van der Waals surface area contributed by atoms with Gasteiger partial charge in [0.25, 0.3) is 5.91 Å². The van der Waals surface area contributed by atoms with E-state index in [0.717, 1.165) is 15.8 Å². The van der Waals surface area contributed by atoms with Gasteiger partial charge in [-0.05, 0) is 68.0 Å². The zero-order chi connectivity index (χ0) is 25.0. The number of carbonyl (C=O) groups excluding carboxylic acids is 1. The third kappa shape index (κ3) is 8.60. The highest BCUT2D eigenvalue weighted by atomic mass is 79.9. The van der Waals surface area contributed by atoms with Gasteiger partial charge < -0.3 is 19.5 Å². The molecule has 0 aliphatic heterocycles. The van der Waals surface area contributed by atoms with Crippen LogP contribution in [-0.4, -0.2) is 32.3 Å². The third-order valence-electron chi connectivity index (χ3n) is 4.92. The van der Waals surface area contributed by atoms with Crippen LogP contribution in [0.1, 0.15) is 16.7 Å². The zero-order valence-electron chi connectivity index (χ0n) is 19.7. The van der Waals surface area contributed by atoms with E-state index < -0.39 is 5.91 Å². The molecule has 1 amide bonds. The van der Waals surface area contributed by atoms with Crippen LogP contribution in [0.15, 0.2) is 76.8 Å². The Balaban J connectivity index is 1.53. The predicted octanol–water partition coefficient (Wildman–Crippen LogP) is 6.09. The molecule has 0 bridgehead atoms. The number of rotatable bonds is 11. The lowest BCUT2D eigenvalue weighted by Gasteiger charge is -2.11. The lowest BCUT2D eigenvalue weighted by atomic mass is 10.1. The van der Waals surface area contributed by atoms with E-state index in [-0.39, 0.29) is 5.57 Å². The molecule has 0 saturated carbocycles. The van der Waals surface area contributed by atoms with Crippen LogP contribution in [0.25, 0.3) is 6.08 Å². The third-order valence-corrected chi connectivity index (χ3v) is 5.41. The Labute approximate surface area is 214 Å². The molecule has 7 heteroatoms. The van der Waals surface area contributed by atoms with Gasteiger partial charge in [-0.1, -0.05) is 45.8 Å². The molecule has 3 rings (SSSR count). The standard InChI is InChI=1S/C28H27BrN2O4/c1-20-6-9-26(10-7-20)34-14-12-33-13-15-35-27-11-8-24(29)18-22(27)17-23(19-30)28(32)31-25-5-3-4-21(2)16-25/h3-11,16-18H,12-15H2,1-2H3,(H,31,32)/b23-17+. The van der Waals surface area contributed by atoms with E-state index in [4.69, 9.17) is 14.2 Å². The molecule has 180 valence electrons. The number of hydrogen-bond acceptors (Lipinski definition) is 5. The molecule has 3 aromatic carbocycles. The molecule has 0 aliphatic carbocycles. The van der Waals surface area contributed by atoms with Gasteiger partial charge in [0, 0.05) is 15.7 Å². The van der Waals surface area contributed by atoms with Crippen molar-refractivity contribution in [3.63, 3.8) is 0 Å². The summed E-state index contributed by atoms with van der Waals surface area (Å²) in [7, 11) is 0. The van der Waals surface area contributed by atoms with E-state index in [1.807, 2.05) is 68.4 Å². The number of halogens is 1. The van der Waals surface area contributed by atoms with Crippen molar-refractivity contribution in [2.24, 2.45) is 0 Å². The van der Waals surface area contributed by atoms with Gasteiger partial charge in [-0.15, -0.1) is 0 Å². The molecule has 0 radical (unpaired) electrons. The molecule has 0 aliphatic rings. The van der Waals surface area contributed by atoms with Crippen molar-refractivity contribution in [3.8, 4) is 17.6 Å². The quantitative estimate of drug-likeness (QED) is 0.183. The van der Waals surface area contributed by atoms with E-state index in [1.54, 1.807) is 18.2 Å². The summed E-state index contributed by atoms with van der Waals surface area (Å²) in [5.41, 5.74) is 3.40. The van der Waals surface area contributed by atoms with Crippen molar-refractivity contribution in [2.75, 3.05) is 31.7 Å². The average Bonchev–Trinajstić information content (AvgIpc) is 2.84. The van der Waals surface area contributed by atoms with Crippen LogP contribution in [0.4, 0.5) is 5.69 Å². The molecule has 0 atom stereocenters. The second-order valence-corrected chi connectivity index (χ2v) is 8.71. The van der Waals surface area contributed by atoms with Gasteiger partial charge in [-0.25, -0.2) is 0 Å². The largest absolute Gasteiger partial charge is 0.491 e. The molecule has 0 heterocycles. The molecule has 0 unspecified atom stereocenters. The van der Waals surface area contributed by atoms with E-state index in [9.17, 15) is 10.1 Å². The van der Waals surface area contributed by atoms with Crippen molar-refractivity contribution >= 4 is 33.6 Å². The van der Waals surface area contributed by atoms with Crippen LogP contribution in [0, 0.1) is 25.2 Å². The molecule has 0 saturated heterocycles. The van der Waals surface area contributed by atoms with E-state index in [0.29, 0.717) is 43.4 Å². The van der Waals surface area contributed by atoms with Gasteiger partial charge in [0.05, 0.1) is 13.2 Å². The maximum atomic E-state index is 12.6. The first-order valence-electron chi connectivity index (χ1n) is 11.1. The van der Waals surface area contributed by atoms with Gasteiger partial charge in [-0.3, -0.25) is 4.79 Å². The molecular weight excluding hydrogens is 508 g/mol. The topological polar surface area (TPSA) is 80.6 Å². The Hall–Kier alpha value is -3.60. The highest BCUT2D eigenvalue weighted by Gasteiger charge is 2.12. The maximum absolute atomic E-state index is 12.6. The Morgan fingerprint density at radius 3 is 2.40 bits per heavy atom. The smallest absolute Gasteiger partial charge is 0.266 e. The number of benzene rings is 3. The minimum atomic E-state index is -0.485. The second-order valence-electron chi connectivity index (χ2n) is 7.80. The number of anilines is 1. The number of ether oxygens (including phenoxy) is 3. The summed E-state index contributed by atoms with van der Waals surface area (Å²) in [6, 6.07) is 22.6. The first-order valence-corrected chi connectivity index (χ1v) is 11.9. The summed E-state index contributed by atoms with van der Waals surface area (Å²) in [5, 5.41) is 12.3. The number of nitrogens with one attached hydrogen (secondary N) is 1. The average molecular weight is 535 g/mol. The van der Waals surface area contributed by atoms with Crippen molar-refractivity contribution in [1.82, 2.24) is 0 Å². The molecule has 6 nitrogen and oxygen atoms in total. The maximum Gasteiger partial charge on any atom is 0.266 e. The monoisotopic (exact) mass is 534 g/mol. The number of aryl methyl sites for hydroxylation is 2. The van der Waals surface area contributed by atoms with Crippen LogP contribution in [0.3, 0.4) is 0 Å². The molecule has 0 aromatic heterocycles. The van der Waals surface area contributed by atoms with Crippen LogP contribution in [0.5, 0.6) is 11.5 Å². The fraction of sp³-hybridized carbons (Fsp3) is 0.214. The summed E-state index contributed by atoms with van der Waals surface area (Å²) < 4.78 is 17.9. The van der Waals surface area contributed by atoms with Gasteiger partial charge in [0.15, 0.2) is 0 Å². The van der Waals surface area contributed by atoms with Gasteiger partial charge in [0.1, 0.15) is 36.4 Å². The molecule has 3 aromatic rings. The van der Waals surface area contributed by atoms with Crippen molar-refractivity contribution in [2.45, 2.75) is 13.8 Å². The summed E-state index contributed by atoms with van der Waals surface area (Å²) in [4.78, 5) is 12.6. The zero-order valence-corrected chi connectivity index (χ0v) is 21.3. The highest BCUT2D eigenvalue weighted by Crippen LogP contribution is 2.26. The molecule has 1 N–H and O–H groups in total. The summed E-state index contributed by atoms with van der Waals surface area (Å²) in [5.74, 6) is 0.867. The van der Waals surface area contributed by atoms with Crippen LogP contribution < -0.4 is 14.8 Å². The Bertz CT molecular complexity index is 1220. The van der Waals surface area contributed by atoms with E-state index in [2.05, 4.69) is 21.2 Å². The number of hydrogen-bond donors (Lipinski definition) is 1. The molecule has 0 spiro atoms. The first-order chi connectivity index (χ1) is 16.9. The van der Waals surface area contributed by atoms with E-state index >= 15 is 0 Å². The minimum Gasteiger partial charge on any atom is -0.491 e. The number of nitrogens with zero attached hydrogens (tertiary/aromatic N) is 1. The second kappa shape index (κ2) is 13.3. The number of carbonyl (C=O) groups is 1. The lowest BCUT2D eigenvalue weighted by molar-refractivity contribution is -0.112. The number of nitriles is 1. The fourth-order valence-corrected chi connectivity index (χ4v) is 3.53. The van der Waals surface area contributed by atoms with Crippen molar-refractivity contribution in [3.05, 3.63) is 93.5 Å². The predicted molar refractivity (Wildman–Crippen MR) is 141 cm³/mol. The van der Waals surface area contributed by atoms with Crippen LogP contribution in [0.2, 0.25) is 0 Å². The fourth-order valence-electron chi connectivity index (χ4n) is 3.15. The lowest BCUT2D eigenvalue weighted by Crippen LogP contribution is -2.14. The van der Waals surface area contributed by atoms with Crippen LogP contribution >= 0.6 is 15.9 Å². The van der Waals surface area contributed by atoms with Crippen LogP contribution in [-0.2, 0) is 9.53 Å². The molecule has 0 fully saturated rings. The molecular formula is C28H27BrN2O4. The molecule has 35 heavy (non-hydrogen) atoms. The normalized spacial score (nSPS) is 11.0. The highest BCUT2D eigenvalue weighted by molar-refractivity contribution is 9.10. The van der Waals surface area contributed by atoms with Crippen molar-refractivity contribution < 1.29 is 19.0 Å². The summed E-state index contributed by atoms with van der Waals surface area (Å²) in [6.07, 6.45) is 1.52. The minimum absolute atomic E-state index is 0.0287.